The van der Waals surface area contributed by atoms with E-state index in [1.165, 1.54) is 0 Å². The average Bonchev–Trinajstić information content (AvgIpc) is 3.48. The number of likely N-dealkylation sites (tertiary alicyclic amines) is 1. The molecule has 0 radical (unpaired) electrons. The van der Waals surface area contributed by atoms with Crippen molar-refractivity contribution in [3.63, 3.8) is 0 Å². The fourth-order valence-electron chi connectivity index (χ4n) is 3.55. The highest BCUT2D eigenvalue weighted by Crippen LogP contribution is 2.33. The number of pyridine rings is 1. The standard InChI is InChI=1S/C22H20N6O4/c1-30-14-6-7-19(31-2)15(9-14)17-10-18(26-25-17)22(29)28-11-13(12-28)21-24-20(27-32-21)16-5-3-4-8-23-16/h3-10,13H,11-12H2,1-2H3,(H,25,26). The summed E-state index contributed by atoms with van der Waals surface area (Å²) in [5.41, 5.74) is 2.37. The molecule has 1 fully saturated rings. The number of amides is 1. The monoisotopic (exact) mass is 432 g/mol. The lowest BCUT2D eigenvalue weighted by molar-refractivity contribution is 0.0563. The Labute approximate surface area is 183 Å². The summed E-state index contributed by atoms with van der Waals surface area (Å²) in [5.74, 6) is 2.10. The van der Waals surface area contributed by atoms with E-state index in [1.54, 1.807) is 43.5 Å². The van der Waals surface area contributed by atoms with Gasteiger partial charge in [0.25, 0.3) is 5.91 Å². The lowest BCUT2D eigenvalue weighted by Gasteiger charge is -2.36. The smallest absolute Gasteiger partial charge is 0.271 e. The number of carbonyl (C=O) groups is 1. The maximum atomic E-state index is 12.9. The van der Waals surface area contributed by atoms with Gasteiger partial charge in [0.05, 0.1) is 25.8 Å². The van der Waals surface area contributed by atoms with E-state index >= 15 is 0 Å². The zero-order chi connectivity index (χ0) is 22.1. The van der Waals surface area contributed by atoms with Crippen LogP contribution in [0, 0.1) is 0 Å². The summed E-state index contributed by atoms with van der Waals surface area (Å²) in [5, 5.41) is 11.1. The Balaban J connectivity index is 1.27. The number of ether oxygens (including phenoxy) is 2. The first-order valence-electron chi connectivity index (χ1n) is 9.98. The van der Waals surface area contributed by atoms with Crippen molar-refractivity contribution in [3.8, 4) is 34.3 Å². The van der Waals surface area contributed by atoms with Crippen molar-refractivity contribution in [1.29, 1.82) is 0 Å². The number of hydrogen-bond acceptors (Lipinski definition) is 8. The summed E-state index contributed by atoms with van der Waals surface area (Å²) < 4.78 is 16.1. The zero-order valence-corrected chi connectivity index (χ0v) is 17.5. The number of nitrogens with zero attached hydrogens (tertiary/aromatic N) is 5. The predicted molar refractivity (Wildman–Crippen MR) is 113 cm³/mol. The largest absolute Gasteiger partial charge is 0.497 e. The molecule has 32 heavy (non-hydrogen) atoms. The molecule has 3 aromatic heterocycles. The molecule has 5 rings (SSSR count). The molecule has 0 aliphatic carbocycles. The minimum absolute atomic E-state index is 0.00946. The molecule has 1 aliphatic heterocycles. The van der Waals surface area contributed by atoms with E-state index in [4.69, 9.17) is 14.0 Å². The van der Waals surface area contributed by atoms with Crippen LogP contribution in [-0.4, -0.2) is 63.4 Å². The summed E-state index contributed by atoms with van der Waals surface area (Å²) in [6.07, 6.45) is 1.68. The summed E-state index contributed by atoms with van der Waals surface area (Å²) in [6, 6.07) is 12.6. The third kappa shape index (κ3) is 3.55. The van der Waals surface area contributed by atoms with Crippen molar-refractivity contribution in [2.75, 3.05) is 27.3 Å². The van der Waals surface area contributed by atoms with E-state index in [0.717, 1.165) is 5.56 Å². The Morgan fingerprint density at radius 2 is 2.00 bits per heavy atom. The number of nitrogens with one attached hydrogen (secondary N) is 1. The third-order valence-corrected chi connectivity index (χ3v) is 5.34. The van der Waals surface area contributed by atoms with E-state index in [2.05, 4.69) is 25.3 Å². The van der Waals surface area contributed by atoms with Gasteiger partial charge in [0.2, 0.25) is 11.7 Å². The van der Waals surface area contributed by atoms with Crippen LogP contribution in [0.5, 0.6) is 11.5 Å². The van der Waals surface area contributed by atoms with E-state index < -0.39 is 0 Å². The van der Waals surface area contributed by atoms with Gasteiger partial charge in [0, 0.05) is 24.8 Å². The first-order chi connectivity index (χ1) is 15.7. The second-order valence-electron chi connectivity index (χ2n) is 7.31. The van der Waals surface area contributed by atoms with Crippen LogP contribution < -0.4 is 9.47 Å². The first-order valence-corrected chi connectivity index (χ1v) is 9.98. The quantitative estimate of drug-likeness (QED) is 0.494. The fourth-order valence-corrected chi connectivity index (χ4v) is 3.55. The summed E-state index contributed by atoms with van der Waals surface area (Å²) in [6.45, 7) is 0.971. The van der Waals surface area contributed by atoms with Gasteiger partial charge in [-0.3, -0.25) is 14.9 Å². The first kappa shape index (κ1) is 19.7. The van der Waals surface area contributed by atoms with Crippen LogP contribution in [0.25, 0.3) is 22.8 Å². The lowest BCUT2D eigenvalue weighted by atomic mass is 9.99. The van der Waals surface area contributed by atoms with E-state index in [1.807, 2.05) is 24.3 Å². The molecule has 10 heteroatoms. The molecule has 4 aromatic rings. The van der Waals surface area contributed by atoms with Crippen LogP contribution >= 0.6 is 0 Å². The molecular weight excluding hydrogens is 412 g/mol. The summed E-state index contributed by atoms with van der Waals surface area (Å²) in [7, 11) is 3.18. The van der Waals surface area contributed by atoms with Crippen LogP contribution in [0.15, 0.2) is 53.2 Å². The van der Waals surface area contributed by atoms with Crippen LogP contribution in [0.4, 0.5) is 0 Å². The maximum absolute atomic E-state index is 12.9. The molecule has 1 aliphatic rings. The highest BCUT2D eigenvalue weighted by atomic mass is 16.5. The predicted octanol–water partition coefficient (Wildman–Crippen LogP) is 2.78. The van der Waals surface area contributed by atoms with Gasteiger partial charge < -0.3 is 18.9 Å². The number of benzene rings is 1. The molecule has 4 heterocycles. The molecule has 1 N–H and O–H groups in total. The van der Waals surface area contributed by atoms with Gasteiger partial charge in [-0.05, 0) is 36.4 Å². The van der Waals surface area contributed by atoms with Gasteiger partial charge in [-0.1, -0.05) is 11.2 Å². The Hall–Kier alpha value is -4.21. The van der Waals surface area contributed by atoms with Crippen LogP contribution in [0.3, 0.4) is 0 Å². The molecule has 1 saturated heterocycles. The van der Waals surface area contributed by atoms with Gasteiger partial charge >= 0.3 is 0 Å². The van der Waals surface area contributed by atoms with Crippen molar-refractivity contribution in [2.24, 2.45) is 0 Å². The molecule has 10 nitrogen and oxygen atoms in total. The topological polar surface area (TPSA) is 119 Å². The SMILES string of the molecule is COc1ccc(OC)c(-c2cc(C(=O)N3CC(c4nc(-c5ccccn5)no4)C3)[nH]n2)c1. The van der Waals surface area contributed by atoms with E-state index in [-0.39, 0.29) is 11.8 Å². The average molecular weight is 432 g/mol. The Morgan fingerprint density at radius 3 is 2.75 bits per heavy atom. The normalized spacial score (nSPS) is 13.6. The number of hydrogen-bond donors (Lipinski definition) is 1. The molecule has 162 valence electrons. The lowest BCUT2D eigenvalue weighted by Crippen LogP contribution is -2.48. The number of rotatable bonds is 6. The molecule has 0 spiro atoms. The van der Waals surface area contributed by atoms with Crippen LogP contribution in [0.1, 0.15) is 22.3 Å². The highest BCUT2D eigenvalue weighted by Gasteiger charge is 2.36. The number of aromatic nitrogens is 5. The van der Waals surface area contributed by atoms with Crippen LogP contribution in [0.2, 0.25) is 0 Å². The van der Waals surface area contributed by atoms with Crippen molar-refractivity contribution in [2.45, 2.75) is 5.92 Å². The Kier molecular flexibility index (Phi) is 5.02. The molecule has 1 amide bonds. The molecule has 0 saturated carbocycles. The van der Waals surface area contributed by atoms with Crippen LogP contribution in [-0.2, 0) is 0 Å². The molecule has 0 bridgehead atoms. The minimum Gasteiger partial charge on any atom is -0.497 e. The molecule has 0 atom stereocenters. The Morgan fingerprint density at radius 1 is 1.12 bits per heavy atom. The molecular formula is C22H20N6O4. The van der Waals surface area contributed by atoms with E-state index in [9.17, 15) is 4.79 Å². The number of aromatic amines is 1. The van der Waals surface area contributed by atoms with Gasteiger partial charge in [-0.15, -0.1) is 0 Å². The summed E-state index contributed by atoms with van der Waals surface area (Å²) in [4.78, 5) is 23.2. The molecule has 0 unspecified atom stereocenters. The number of carbonyl (C=O) groups excluding carboxylic acids is 1. The van der Waals surface area contributed by atoms with Gasteiger partial charge in [0.1, 0.15) is 22.9 Å². The maximum Gasteiger partial charge on any atom is 0.271 e. The van der Waals surface area contributed by atoms with Gasteiger partial charge in [-0.25, -0.2) is 0 Å². The number of methoxy groups -OCH3 is 2. The minimum atomic E-state index is -0.147. The Bertz CT molecular complexity index is 1250. The van der Waals surface area contributed by atoms with Gasteiger partial charge in [-0.2, -0.15) is 10.1 Å². The zero-order valence-electron chi connectivity index (χ0n) is 17.5. The van der Waals surface area contributed by atoms with Crippen molar-refractivity contribution in [1.82, 2.24) is 30.2 Å². The fraction of sp³-hybridized carbons (Fsp3) is 0.227. The van der Waals surface area contributed by atoms with E-state index in [0.29, 0.717) is 53.4 Å². The van der Waals surface area contributed by atoms with Gasteiger partial charge in [0.15, 0.2) is 0 Å². The van der Waals surface area contributed by atoms with Crippen molar-refractivity contribution < 1.29 is 18.8 Å². The third-order valence-electron chi connectivity index (χ3n) is 5.34. The second kappa shape index (κ2) is 8.14. The molecule has 1 aromatic carbocycles. The number of H-pyrrole nitrogens is 1. The second-order valence-corrected chi connectivity index (χ2v) is 7.31. The summed E-state index contributed by atoms with van der Waals surface area (Å²) >= 11 is 0. The highest BCUT2D eigenvalue weighted by molar-refractivity contribution is 5.94. The van der Waals surface area contributed by atoms with Crippen molar-refractivity contribution in [3.05, 3.63) is 60.2 Å². The van der Waals surface area contributed by atoms with Crippen molar-refractivity contribution >= 4 is 5.91 Å².